The summed E-state index contributed by atoms with van der Waals surface area (Å²) in [5, 5.41) is 0. The van der Waals surface area contributed by atoms with Crippen molar-refractivity contribution in [1.29, 1.82) is 0 Å². The van der Waals surface area contributed by atoms with Crippen LogP contribution in [0.1, 0.15) is 40.8 Å². The number of H-pyrrole nitrogens is 1. The van der Waals surface area contributed by atoms with Crippen molar-refractivity contribution in [2.75, 3.05) is 0 Å². The number of nitrogens with zero attached hydrogens (tertiary/aromatic N) is 7. The van der Waals surface area contributed by atoms with Crippen molar-refractivity contribution in [1.82, 2.24) is 14.1 Å². The van der Waals surface area contributed by atoms with E-state index >= 15 is 0 Å². The molecule has 0 saturated carbocycles. The molecule has 0 spiro atoms. The number of aliphatic imine (C=N–C) groups is 4. The minimum Gasteiger partial charge on any atom is -0.259 e. The maximum atomic E-state index is 14.4. The monoisotopic (exact) mass is 882 g/mol. The molecule has 0 bridgehead atoms. The van der Waals surface area contributed by atoms with E-state index in [9.17, 15) is 28.8 Å². The van der Waals surface area contributed by atoms with Gasteiger partial charge < -0.3 is 0 Å². The fraction of sp³-hybridized carbons (Fsp3) is 0.113. The van der Waals surface area contributed by atoms with Gasteiger partial charge in [-0.2, -0.15) is 20.0 Å². The van der Waals surface area contributed by atoms with Crippen LogP contribution in [0.5, 0.6) is 0 Å². The molecule has 0 fully saturated rings. The van der Waals surface area contributed by atoms with Gasteiger partial charge in [-0.05, 0) is 87.8 Å². The van der Waals surface area contributed by atoms with E-state index in [-0.39, 0.29) is 17.9 Å². The number of isocyanates is 4. The lowest BCUT2D eigenvalue weighted by Gasteiger charge is -2.31. The van der Waals surface area contributed by atoms with E-state index in [4.69, 9.17) is 4.99 Å². The highest BCUT2D eigenvalue weighted by Crippen LogP contribution is 2.44. The van der Waals surface area contributed by atoms with Gasteiger partial charge in [0.15, 0.2) is 0 Å². The molecule has 2 atom stereocenters. The zero-order valence-corrected chi connectivity index (χ0v) is 35.9. The first kappa shape index (κ1) is 44.3. The van der Waals surface area contributed by atoms with Crippen LogP contribution in [-0.2, 0) is 38.6 Å². The molecule has 7 aromatic rings. The van der Waals surface area contributed by atoms with Crippen molar-refractivity contribution >= 4 is 47.1 Å². The molecule has 1 aliphatic carbocycles. The Balaban J connectivity index is 1.48. The number of rotatable bonds is 14. The molecule has 6 aromatic carbocycles. The Morgan fingerprint density at radius 2 is 1.19 bits per heavy atom. The predicted molar refractivity (Wildman–Crippen MR) is 253 cm³/mol. The fourth-order valence-electron chi connectivity index (χ4n) is 8.39. The number of aromatic amines is 1. The summed E-state index contributed by atoms with van der Waals surface area (Å²) in [5.74, 6) is 0. The Hall–Kier alpha value is -9.27. The van der Waals surface area contributed by atoms with Gasteiger partial charge >= 0.3 is 11.4 Å². The second kappa shape index (κ2) is 20.1. The van der Waals surface area contributed by atoms with Gasteiger partial charge in [-0.1, -0.05) is 127 Å². The Bertz CT molecular complexity index is 3480. The lowest BCUT2D eigenvalue weighted by atomic mass is 9.87. The summed E-state index contributed by atoms with van der Waals surface area (Å²) in [5.41, 5.74) is 3.66. The van der Waals surface area contributed by atoms with Gasteiger partial charge in [0.05, 0.1) is 35.3 Å². The summed E-state index contributed by atoms with van der Waals surface area (Å²) in [6.07, 6.45) is 14.0. The minimum atomic E-state index is -1.33. The Morgan fingerprint density at radius 3 is 1.79 bits per heavy atom. The largest absolute Gasteiger partial charge is 0.333 e. The molecule has 1 N–H and O–H groups in total. The standard InChI is InChI=1S/C53H38N8O6/c1-53(57-35-65)26-12-11-25-48(53)61-50(58-40-19-9-4-10-20-40)60(51(66)59-52(61)67)31-39-29-38(41-21-13-23-46(54-32-62)43(41)27-36-15-5-2-6-16-36)30-45(49(39)56-34-64)42-22-14-24-47(55-33-63)44(42)28-37-17-7-3-8-18-37/h2-26,29-30,48H,27-28,31H2,1H3,(H,59,66,67). The molecule has 1 aromatic heterocycles. The summed E-state index contributed by atoms with van der Waals surface area (Å²) in [7, 11) is 0. The van der Waals surface area contributed by atoms with Crippen LogP contribution in [0.25, 0.3) is 22.3 Å². The van der Waals surface area contributed by atoms with Crippen molar-refractivity contribution in [3.05, 3.63) is 218 Å². The number of aromatic nitrogens is 3. The number of hydrogen-bond acceptors (Lipinski definition) is 11. The Labute approximate surface area is 382 Å². The Morgan fingerprint density at radius 1 is 0.612 bits per heavy atom. The topological polar surface area (TPSA) is 190 Å². The van der Waals surface area contributed by atoms with Crippen LogP contribution in [-0.4, -0.2) is 44.0 Å². The maximum absolute atomic E-state index is 14.4. The molecule has 326 valence electrons. The molecule has 14 heteroatoms. The number of hydrogen-bond donors (Lipinski definition) is 1. The van der Waals surface area contributed by atoms with Crippen LogP contribution in [0.3, 0.4) is 0 Å². The van der Waals surface area contributed by atoms with Gasteiger partial charge in [-0.25, -0.2) is 33.8 Å². The van der Waals surface area contributed by atoms with Crippen LogP contribution >= 0.6 is 0 Å². The highest BCUT2D eigenvalue weighted by Gasteiger charge is 2.35. The number of allylic oxidation sites excluding steroid dienone is 2. The lowest BCUT2D eigenvalue weighted by Crippen LogP contribution is -2.54. The molecule has 0 radical (unpaired) electrons. The van der Waals surface area contributed by atoms with E-state index in [0.717, 1.165) is 11.1 Å². The summed E-state index contributed by atoms with van der Waals surface area (Å²) in [6.45, 7) is 1.30. The highest BCUT2D eigenvalue weighted by atomic mass is 16.2. The molecule has 0 amide bonds. The number of para-hydroxylation sites is 1. The number of nitrogens with one attached hydrogen (secondary N) is 1. The third kappa shape index (κ3) is 9.50. The van der Waals surface area contributed by atoms with E-state index in [2.05, 4.69) is 25.0 Å². The van der Waals surface area contributed by atoms with E-state index < -0.39 is 23.0 Å². The third-order valence-electron chi connectivity index (χ3n) is 11.5. The molecule has 0 saturated heterocycles. The maximum Gasteiger partial charge on any atom is 0.333 e. The van der Waals surface area contributed by atoms with Gasteiger partial charge in [-0.15, -0.1) is 0 Å². The van der Waals surface area contributed by atoms with Crippen molar-refractivity contribution in [2.24, 2.45) is 25.0 Å². The van der Waals surface area contributed by atoms with Crippen LogP contribution in [0.4, 0.5) is 22.7 Å². The van der Waals surface area contributed by atoms with Crippen LogP contribution in [0.2, 0.25) is 0 Å². The van der Waals surface area contributed by atoms with Crippen LogP contribution < -0.4 is 17.0 Å². The van der Waals surface area contributed by atoms with Crippen molar-refractivity contribution < 1.29 is 19.2 Å². The predicted octanol–water partition coefficient (Wildman–Crippen LogP) is 8.80. The summed E-state index contributed by atoms with van der Waals surface area (Å²) < 4.78 is 2.49. The molecule has 14 nitrogen and oxygen atoms in total. The van der Waals surface area contributed by atoms with Crippen molar-refractivity contribution in [2.45, 2.75) is 37.9 Å². The quantitative estimate of drug-likeness (QED) is 0.0839. The smallest absolute Gasteiger partial charge is 0.259 e. The van der Waals surface area contributed by atoms with Gasteiger partial charge in [-0.3, -0.25) is 14.1 Å². The van der Waals surface area contributed by atoms with Crippen LogP contribution in [0.15, 0.2) is 198 Å². The minimum absolute atomic E-state index is 0.109. The number of benzene rings is 6. The van der Waals surface area contributed by atoms with Crippen LogP contribution in [0, 0.1) is 0 Å². The zero-order chi connectivity index (χ0) is 46.8. The fourth-order valence-corrected chi connectivity index (χ4v) is 8.39. The zero-order valence-electron chi connectivity index (χ0n) is 35.9. The molecule has 2 unspecified atom stereocenters. The van der Waals surface area contributed by atoms with E-state index in [0.29, 0.717) is 68.8 Å². The first-order valence-corrected chi connectivity index (χ1v) is 21.0. The summed E-state index contributed by atoms with van der Waals surface area (Å²) in [4.78, 5) is 101. The summed E-state index contributed by atoms with van der Waals surface area (Å²) >= 11 is 0. The van der Waals surface area contributed by atoms with Gasteiger partial charge in [0.25, 0.3) is 0 Å². The molecule has 1 aliphatic rings. The molecular formula is C53H38N8O6. The molecule has 67 heavy (non-hydrogen) atoms. The summed E-state index contributed by atoms with van der Waals surface area (Å²) in [6, 6.07) is 41.1. The van der Waals surface area contributed by atoms with Gasteiger partial charge in [0, 0.05) is 18.4 Å². The third-order valence-corrected chi connectivity index (χ3v) is 11.5. The molecular weight excluding hydrogens is 845 g/mol. The van der Waals surface area contributed by atoms with Gasteiger partial charge in [0.1, 0.15) is 5.54 Å². The van der Waals surface area contributed by atoms with Crippen molar-refractivity contribution in [3.63, 3.8) is 0 Å². The SMILES string of the molecule is CC1(N=C=O)C=CC=CC1n1c(=O)[nH]c(=O)n(Cc2cc(-c3cccc(N=C=O)c3Cc3ccccc3)cc(-c3cccc(N=C=O)c3Cc3ccccc3)c2N=C=O)c1=Nc1ccccc1. The number of carbonyl (C=O) groups excluding carboxylic acids is 4. The second-order valence-electron chi connectivity index (χ2n) is 15.6. The first-order valence-electron chi connectivity index (χ1n) is 21.0. The van der Waals surface area contributed by atoms with E-state index in [1.807, 2.05) is 78.9 Å². The molecule has 0 aliphatic heterocycles. The first-order chi connectivity index (χ1) is 32.7. The second-order valence-corrected chi connectivity index (χ2v) is 15.6. The molecule has 8 rings (SSSR count). The van der Waals surface area contributed by atoms with Crippen molar-refractivity contribution in [3.8, 4) is 22.3 Å². The Kier molecular flexibility index (Phi) is 13.3. The highest BCUT2D eigenvalue weighted by molar-refractivity contribution is 5.89. The van der Waals surface area contributed by atoms with E-state index in [1.165, 1.54) is 9.13 Å². The average Bonchev–Trinajstić information content (AvgIpc) is 3.33. The van der Waals surface area contributed by atoms with E-state index in [1.54, 1.807) is 116 Å². The molecule has 1 heterocycles. The normalized spacial score (nSPS) is 15.1. The lowest BCUT2D eigenvalue weighted by molar-refractivity contribution is 0.368. The van der Waals surface area contributed by atoms with Gasteiger partial charge in [0.2, 0.25) is 29.9 Å². The average molecular weight is 883 g/mol.